The summed E-state index contributed by atoms with van der Waals surface area (Å²) in [5, 5.41) is 0. The summed E-state index contributed by atoms with van der Waals surface area (Å²) in [6, 6.07) is 14.1. The van der Waals surface area contributed by atoms with Gasteiger partial charge in [0.1, 0.15) is 5.75 Å². The maximum Gasteiger partial charge on any atom is 0.188 e. The van der Waals surface area contributed by atoms with Gasteiger partial charge in [-0.05, 0) is 25.0 Å². The van der Waals surface area contributed by atoms with Crippen LogP contribution in [0, 0.1) is 0 Å². The Kier molecular flexibility index (Phi) is 5.46. The van der Waals surface area contributed by atoms with Crippen molar-refractivity contribution in [2.45, 2.75) is 18.3 Å². The molecule has 0 aliphatic heterocycles. The molecule has 2 aromatic rings. The van der Waals surface area contributed by atoms with Crippen LogP contribution in [-0.4, -0.2) is 34.9 Å². The van der Waals surface area contributed by atoms with Crippen LogP contribution in [0.15, 0.2) is 42.5 Å². The predicted octanol–water partition coefficient (Wildman–Crippen LogP) is 3.74. The molecule has 3 rings (SSSR count). The predicted molar refractivity (Wildman–Crippen MR) is 94.5 cm³/mol. The Morgan fingerprint density at radius 1 is 0.760 bits per heavy atom. The average Bonchev–Trinajstić information content (AvgIpc) is 3.46. The molecule has 0 N–H and O–H groups in total. The fourth-order valence-corrected chi connectivity index (χ4v) is 3.24. The van der Waals surface area contributed by atoms with E-state index in [0.717, 1.165) is 35.5 Å². The van der Waals surface area contributed by atoms with Gasteiger partial charge in [-0.15, -0.1) is 0 Å². The third kappa shape index (κ3) is 3.43. The number of hydrogen-bond acceptors (Lipinski definition) is 5. The Morgan fingerprint density at radius 3 is 2.08 bits per heavy atom. The first-order valence-electron chi connectivity index (χ1n) is 8.27. The fraction of sp³-hybridized carbons (Fsp3) is 0.400. The number of benzene rings is 2. The van der Waals surface area contributed by atoms with Gasteiger partial charge in [0.2, 0.25) is 0 Å². The molecule has 0 aromatic heterocycles. The van der Waals surface area contributed by atoms with Crippen LogP contribution in [0.4, 0.5) is 0 Å². The summed E-state index contributed by atoms with van der Waals surface area (Å²) in [6.45, 7) is 0.392. The van der Waals surface area contributed by atoms with Gasteiger partial charge in [0.25, 0.3) is 0 Å². The quantitative estimate of drug-likeness (QED) is 0.649. The first kappa shape index (κ1) is 17.6. The molecule has 0 spiro atoms. The summed E-state index contributed by atoms with van der Waals surface area (Å²) >= 11 is 0. The molecule has 1 saturated carbocycles. The van der Waals surface area contributed by atoms with Crippen molar-refractivity contribution in [3.05, 3.63) is 53.6 Å². The molecule has 0 saturated heterocycles. The molecule has 1 aliphatic carbocycles. The molecular formula is C20H24O5. The Bertz CT molecular complexity index is 709. The van der Waals surface area contributed by atoms with E-state index >= 15 is 0 Å². The monoisotopic (exact) mass is 344 g/mol. The van der Waals surface area contributed by atoms with Gasteiger partial charge in [-0.2, -0.15) is 0 Å². The molecule has 0 radical (unpaired) electrons. The van der Waals surface area contributed by atoms with Crippen LogP contribution >= 0.6 is 0 Å². The van der Waals surface area contributed by atoms with E-state index in [1.807, 2.05) is 30.3 Å². The van der Waals surface area contributed by atoms with Crippen molar-refractivity contribution in [3.8, 4) is 17.2 Å². The summed E-state index contributed by atoms with van der Waals surface area (Å²) in [5.74, 6) is 2.27. The first-order chi connectivity index (χ1) is 12.3. The van der Waals surface area contributed by atoms with Gasteiger partial charge in [-0.25, -0.2) is 0 Å². The van der Waals surface area contributed by atoms with E-state index < -0.39 is 0 Å². The normalized spacial score (nSPS) is 14.8. The SMILES string of the molecule is COCOc1ccccc1C1(c2cccc(OC)c2OCOC)CC1. The summed E-state index contributed by atoms with van der Waals surface area (Å²) in [6.07, 6.45) is 2.05. The van der Waals surface area contributed by atoms with E-state index in [4.69, 9.17) is 23.7 Å². The Labute approximate surface area is 148 Å². The third-order valence-corrected chi connectivity index (χ3v) is 4.52. The summed E-state index contributed by atoms with van der Waals surface area (Å²) in [7, 11) is 4.87. The molecule has 25 heavy (non-hydrogen) atoms. The molecule has 0 heterocycles. The topological polar surface area (TPSA) is 46.2 Å². The summed E-state index contributed by atoms with van der Waals surface area (Å²) in [5.41, 5.74) is 2.10. The van der Waals surface area contributed by atoms with Crippen molar-refractivity contribution in [3.63, 3.8) is 0 Å². The van der Waals surface area contributed by atoms with Gasteiger partial charge in [-0.1, -0.05) is 30.3 Å². The van der Waals surface area contributed by atoms with E-state index in [0.29, 0.717) is 5.75 Å². The van der Waals surface area contributed by atoms with Gasteiger partial charge in [0.05, 0.1) is 7.11 Å². The number of ether oxygens (including phenoxy) is 5. The van der Waals surface area contributed by atoms with Crippen LogP contribution in [0.1, 0.15) is 24.0 Å². The molecule has 1 aliphatic rings. The van der Waals surface area contributed by atoms with Crippen LogP contribution in [0.25, 0.3) is 0 Å². The number of hydrogen-bond donors (Lipinski definition) is 0. The van der Waals surface area contributed by atoms with Crippen LogP contribution in [0.3, 0.4) is 0 Å². The zero-order valence-electron chi connectivity index (χ0n) is 14.9. The van der Waals surface area contributed by atoms with E-state index in [2.05, 4.69) is 12.1 Å². The van der Waals surface area contributed by atoms with Gasteiger partial charge >= 0.3 is 0 Å². The lowest BCUT2D eigenvalue weighted by molar-refractivity contribution is 0.0477. The highest BCUT2D eigenvalue weighted by molar-refractivity contribution is 5.59. The molecule has 5 heteroatoms. The second-order valence-corrected chi connectivity index (χ2v) is 6.02. The molecule has 0 unspecified atom stereocenters. The number of rotatable bonds is 9. The van der Waals surface area contributed by atoms with Crippen LogP contribution in [0.2, 0.25) is 0 Å². The molecule has 134 valence electrons. The zero-order chi connectivity index (χ0) is 17.7. The number of para-hydroxylation sites is 2. The maximum atomic E-state index is 5.86. The van der Waals surface area contributed by atoms with Gasteiger partial charge in [0.15, 0.2) is 25.1 Å². The minimum atomic E-state index is -0.137. The molecular weight excluding hydrogens is 320 g/mol. The highest BCUT2D eigenvalue weighted by Gasteiger charge is 2.49. The molecule has 0 amide bonds. The molecule has 5 nitrogen and oxygen atoms in total. The standard InChI is InChI=1S/C20H24O5/c1-21-13-24-17-9-5-4-7-15(17)20(11-12-20)16-8-6-10-18(23-3)19(16)25-14-22-2/h4-10H,11-14H2,1-3H3. The highest BCUT2D eigenvalue weighted by atomic mass is 16.7. The van der Waals surface area contributed by atoms with Crippen molar-refractivity contribution in [1.82, 2.24) is 0 Å². The Hall–Kier alpha value is -2.24. The maximum absolute atomic E-state index is 5.86. The lowest BCUT2D eigenvalue weighted by Crippen LogP contribution is -2.15. The van der Waals surface area contributed by atoms with Crippen LogP contribution in [0.5, 0.6) is 17.2 Å². The third-order valence-electron chi connectivity index (χ3n) is 4.52. The van der Waals surface area contributed by atoms with Gasteiger partial charge < -0.3 is 23.7 Å². The second kappa shape index (κ2) is 7.76. The van der Waals surface area contributed by atoms with E-state index in [-0.39, 0.29) is 19.0 Å². The largest absolute Gasteiger partial charge is 0.493 e. The van der Waals surface area contributed by atoms with Crippen molar-refractivity contribution < 1.29 is 23.7 Å². The van der Waals surface area contributed by atoms with Crippen LogP contribution < -0.4 is 14.2 Å². The smallest absolute Gasteiger partial charge is 0.188 e. The average molecular weight is 344 g/mol. The molecule has 2 aromatic carbocycles. The molecule has 1 fully saturated rings. The summed E-state index contributed by atoms with van der Waals surface area (Å²) < 4.78 is 27.3. The van der Waals surface area contributed by atoms with Crippen molar-refractivity contribution in [2.75, 3.05) is 34.9 Å². The van der Waals surface area contributed by atoms with Crippen LogP contribution in [-0.2, 0) is 14.9 Å². The lowest BCUT2D eigenvalue weighted by Gasteiger charge is -2.23. The zero-order valence-corrected chi connectivity index (χ0v) is 14.9. The minimum absolute atomic E-state index is 0.137. The molecule has 0 bridgehead atoms. The first-order valence-corrected chi connectivity index (χ1v) is 8.27. The van der Waals surface area contributed by atoms with Gasteiger partial charge in [0, 0.05) is 30.8 Å². The number of methoxy groups -OCH3 is 3. The van der Waals surface area contributed by atoms with Crippen molar-refractivity contribution >= 4 is 0 Å². The van der Waals surface area contributed by atoms with Crippen molar-refractivity contribution in [1.29, 1.82) is 0 Å². The summed E-state index contributed by atoms with van der Waals surface area (Å²) in [4.78, 5) is 0. The Balaban J connectivity index is 2.04. The minimum Gasteiger partial charge on any atom is -0.493 e. The lowest BCUT2D eigenvalue weighted by atomic mass is 9.86. The fourth-order valence-electron chi connectivity index (χ4n) is 3.24. The highest BCUT2D eigenvalue weighted by Crippen LogP contribution is 2.59. The van der Waals surface area contributed by atoms with E-state index in [1.165, 1.54) is 0 Å². The Morgan fingerprint density at radius 2 is 1.40 bits per heavy atom. The van der Waals surface area contributed by atoms with E-state index in [1.54, 1.807) is 21.3 Å². The van der Waals surface area contributed by atoms with Gasteiger partial charge in [-0.3, -0.25) is 0 Å². The molecule has 0 atom stereocenters. The van der Waals surface area contributed by atoms with Crippen molar-refractivity contribution in [2.24, 2.45) is 0 Å². The second-order valence-electron chi connectivity index (χ2n) is 6.02. The van der Waals surface area contributed by atoms with E-state index in [9.17, 15) is 0 Å².